The molecule has 0 aromatic heterocycles. The van der Waals surface area contributed by atoms with Gasteiger partial charge in [-0.1, -0.05) is 47.5 Å². The van der Waals surface area contributed by atoms with Gasteiger partial charge in [0.2, 0.25) is 0 Å². The van der Waals surface area contributed by atoms with E-state index in [4.69, 9.17) is 23.2 Å². The van der Waals surface area contributed by atoms with Crippen molar-refractivity contribution < 1.29 is 4.79 Å². The number of amidine groups is 2. The highest BCUT2D eigenvalue weighted by atomic mass is 79.9. The first-order chi connectivity index (χ1) is 13.0. The number of rotatable bonds is 1. The van der Waals surface area contributed by atoms with Crippen LogP contribution in [0.5, 0.6) is 0 Å². The van der Waals surface area contributed by atoms with Crippen LogP contribution in [0.15, 0.2) is 75.3 Å². The number of hydrogen-bond donors (Lipinski definition) is 0. The van der Waals surface area contributed by atoms with Gasteiger partial charge in [0.15, 0.2) is 5.84 Å². The third kappa shape index (κ3) is 3.76. The maximum absolute atomic E-state index is 12.7. The number of nitrogens with zero attached hydrogens (tertiary/aromatic N) is 3. The van der Waals surface area contributed by atoms with Crippen LogP contribution >= 0.6 is 39.1 Å². The zero-order chi connectivity index (χ0) is 19.0. The van der Waals surface area contributed by atoms with Crippen molar-refractivity contribution in [3.63, 3.8) is 0 Å². The Morgan fingerprint density at radius 3 is 2.74 bits per heavy atom. The molecule has 0 N–H and O–H groups in total. The molecule has 0 spiro atoms. The van der Waals surface area contributed by atoms with Crippen LogP contribution < -0.4 is 0 Å². The number of fused-ring (bicyclic) bond motifs is 2. The lowest BCUT2D eigenvalue weighted by Crippen LogP contribution is -2.24. The van der Waals surface area contributed by atoms with Gasteiger partial charge in [-0.05, 0) is 51.8 Å². The van der Waals surface area contributed by atoms with E-state index in [0.717, 1.165) is 21.4 Å². The van der Waals surface area contributed by atoms with Crippen LogP contribution in [-0.2, 0) is 6.54 Å². The molecule has 0 fully saturated rings. The molecule has 4 nitrogen and oxygen atoms in total. The summed E-state index contributed by atoms with van der Waals surface area (Å²) in [5, 5.41) is 0.702. The maximum Gasteiger partial charge on any atom is 0.279 e. The van der Waals surface area contributed by atoms with Crippen molar-refractivity contribution in [2.24, 2.45) is 9.98 Å². The Kier molecular flexibility index (Phi) is 5.00. The van der Waals surface area contributed by atoms with Gasteiger partial charge in [-0.3, -0.25) is 4.79 Å². The van der Waals surface area contributed by atoms with Crippen LogP contribution in [0.3, 0.4) is 0 Å². The van der Waals surface area contributed by atoms with Gasteiger partial charge >= 0.3 is 0 Å². The minimum absolute atomic E-state index is 0.312. The number of carbonyl (C=O) groups excluding carboxylic acids is 1. The molecule has 0 aliphatic carbocycles. The summed E-state index contributed by atoms with van der Waals surface area (Å²) in [6.07, 6.45) is 5.75. The predicted molar refractivity (Wildman–Crippen MR) is 113 cm³/mol. The van der Waals surface area contributed by atoms with Crippen molar-refractivity contribution in [1.29, 1.82) is 0 Å². The van der Waals surface area contributed by atoms with E-state index >= 15 is 0 Å². The van der Waals surface area contributed by atoms with E-state index in [1.165, 1.54) is 6.07 Å². The summed E-state index contributed by atoms with van der Waals surface area (Å²) in [5.41, 5.74) is 2.21. The number of benzene rings is 2. The molecule has 0 saturated heterocycles. The molecule has 0 radical (unpaired) electrons. The van der Waals surface area contributed by atoms with Crippen LogP contribution in [-0.4, -0.2) is 22.5 Å². The molecule has 4 rings (SSSR count). The van der Waals surface area contributed by atoms with Gasteiger partial charge in [-0.2, -0.15) is 4.99 Å². The summed E-state index contributed by atoms with van der Waals surface area (Å²) in [4.78, 5) is 23.6. The summed E-state index contributed by atoms with van der Waals surface area (Å²) in [5.74, 6) is 0.665. The van der Waals surface area contributed by atoms with Gasteiger partial charge in [0, 0.05) is 28.4 Å². The molecule has 134 valence electrons. The molecule has 0 unspecified atom stereocenters. The molecule has 7 heteroatoms. The van der Waals surface area contributed by atoms with Crippen LogP contribution in [0.25, 0.3) is 0 Å². The Hall–Kier alpha value is -2.21. The van der Waals surface area contributed by atoms with Crippen molar-refractivity contribution in [2.45, 2.75) is 6.54 Å². The van der Waals surface area contributed by atoms with E-state index < -0.39 is 5.91 Å². The molecular weight excluding hydrogens is 449 g/mol. The van der Waals surface area contributed by atoms with E-state index in [0.29, 0.717) is 28.0 Å². The lowest BCUT2D eigenvalue weighted by atomic mass is 10.1. The molecule has 2 aliphatic heterocycles. The van der Waals surface area contributed by atoms with E-state index in [2.05, 4.69) is 25.9 Å². The summed E-state index contributed by atoms with van der Waals surface area (Å²) in [7, 11) is 0. The first-order valence-electron chi connectivity index (χ1n) is 8.08. The van der Waals surface area contributed by atoms with Gasteiger partial charge in [0.25, 0.3) is 5.91 Å². The standard InChI is InChI=1S/C20H12BrCl2N3O/c21-14-6-8-18-24-19(15-4-2-1-3-13(15)10-26(18)11-14)25-20(27)12-5-7-16(22)17(23)9-12/h1-9,11H,10H2. The molecule has 2 aromatic rings. The molecule has 0 atom stereocenters. The summed E-state index contributed by atoms with van der Waals surface area (Å²) in [6.45, 7) is 0.633. The quantitative estimate of drug-likeness (QED) is 0.555. The van der Waals surface area contributed by atoms with Crippen LogP contribution in [0.1, 0.15) is 21.5 Å². The fourth-order valence-corrected chi connectivity index (χ4v) is 3.52. The fraction of sp³-hybridized carbons (Fsp3) is 0.0500. The molecule has 2 aromatic carbocycles. The Morgan fingerprint density at radius 1 is 1.11 bits per heavy atom. The second-order valence-electron chi connectivity index (χ2n) is 5.97. The van der Waals surface area contributed by atoms with Gasteiger partial charge in [0.05, 0.1) is 10.0 Å². The lowest BCUT2D eigenvalue weighted by Gasteiger charge is -2.21. The number of carbonyl (C=O) groups is 1. The number of amides is 1. The second-order valence-corrected chi connectivity index (χ2v) is 7.70. The first-order valence-corrected chi connectivity index (χ1v) is 9.63. The third-order valence-corrected chi connectivity index (χ3v) is 5.37. The number of hydrogen-bond acceptors (Lipinski definition) is 2. The second kappa shape index (κ2) is 7.43. The normalized spacial score (nSPS) is 17.0. The van der Waals surface area contributed by atoms with Crippen LogP contribution in [0, 0.1) is 0 Å². The monoisotopic (exact) mass is 459 g/mol. The molecule has 0 saturated carbocycles. The maximum atomic E-state index is 12.7. The molecule has 27 heavy (non-hydrogen) atoms. The highest BCUT2D eigenvalue weighted by Crippen LogP contribution is 2.25. The largest absolute Gasteiger partial charge is 0.327 e. The average Bonchev–Trinajstić information content (AvgIpc) is 2.80. The summed E-state index contributed by atoms with van der Waals surface area (Å²) >= 11 is 15.4. The van der Waals surface area contributed by atoms with Gasteiger partial charge < -0.3 is 4.90 Å². The minimum atomic E-state index is -0.423. The number of halogens is 3. The van der Waals surface area contributed by atoms with E-state index in [1.54, 1.807) is 12.1 Å². The molecule has 2 heterocycles. The Morgan fingerprint density at radius 2 is 1.93 bits per heavy atom. The van der Waals surface area contributed by atoms with Crippen molar-refractivity contribution in [3.8, 4) is 0 Å². The third-order valence-electron chi connectivity index (χ3n) is 4.16. The van der Waals surface area contributed by atoms with Crippen molar-refractivity contribution in [2.75, 3.05) is 0 Å². The number of aliphatic imine (C=N–C) groups is 2. The molecular formula is C20H12BrCl2N3O. The van der Waals surface area contributed by atoms with Gasteiger partial charge in [0.1, 0.15) is 5.84 Å². The topological polar surface area (TPSA) is 45.0 Å². The Bertz CT molecular complexity index is 1070. The van der Waals surface area contributed by atoms with Crippen molar-refractivity contribution >= 4 is 56.7 Å². The van der Waals surface area contributed by atoms with Gasteiger partial charge in [-0.25, -0.2) is 4.99 Å². The van der Waals surface area contributed by atoms with Crippen LogP contribution in [0.2, 0.25) is 10.0 Å². The SMILES string of the molecule is O=C(N=C1N=C2C=CC(Br)=CN2Cc2ccccc21)c1ccc(Cl)c(Cl)c1. The Labute approximate surface area is 174 Å². The van der Waals surface area contributed by atoms with E-state index in [1.807, 2.05) is 47.5 Å². The van der Waals surface area contributed by atoms with Crippen LogP contribution in [0.4, 0.5) is 0 Å². The first kappa shape index (κ1) is 18.2. The van der Waals surface area contributed by atoms with Crippen molar-refractivity contribution in [3.05, 3.63) is 92.0 Å². The fourth-order valence-electron chi connectivity index (χ4n) is 2.84. The minimum Gasteiger partial charge on any atom is -0.327 e. The highest BCUT2D eigenvalue weighted by Gasteiger charge is 2.22. The lowest BCUT2D eigenvalue weighted by molar-refractivity contribution is 0.100. The molecule has 0 bridgehead atoms. The Balaban J connectivity index is 1.81. The molecule has 2 aliphatic rings. The number of allylic oxidation sites excluding steroid dienone is 2. The zero-order valence-corrected chi connectivity index (χ0v) is 17.0. The summed E-state index contributed by atoms with van der Waals surface area (Å²) in [6, 6.07) is 12.5. The summed E-state index contributed by atoms with van der Waals surface area (Å²) < 4.78 is 0.950. The predicted octanol–water partition coefficient (Wildman–Crippen LogP) is 5.60. The van der Waals surface area contributed by atoms with E-state index in [-0.39, 0.29) is 0 Å². The average molecular weight is 461 g/mol. The highest BCUT2D eigenvalue weighted by molar-refractivity contribution is 9.11. The van der Waals surface area contributed by atoms with Gasteiger partial charge in [-0.15, -0.1) is 0 Å². The molecule has 1 amide bonds. The smallest absolute Gasteiger partial charge is 0.279 e. The van der Waals surface area contributed by atoms with E-state index in [9.17, 15) is 4.79 Å². The van der Waals surface area contributed by atoms with Crippen molar-refractivity contribution in [1.82, 2.24) is 4.90 Å². The zero-order valence-electron chi connectivity index (χ0n) is 13.9.